The van der Waals surface area contributed by atoms with Gasteiger partial charge in [0.2, 0.25) is 0 Å². The molecule has 106 valence electrons. The first kappa shape index (κ1) is 13.8. The molecule has 0 aliphatic heterocycles. The van der Waals surface area contributed by atoms with E-state index in [1.54, 1.807) is 11.1 Å². The number of hydrogen-bond donors (Lipinski definition) is 1. The van der Waals surface area contributed by atoms with Gasteiger partial charge in [-0.1, -0.05) is 31.2 Å². The fraction of sp³-hybridized carbons (Fsp3) is 0.444. The monoisotopic (exact) mass is 285 g/mol. The SMILES string of the molecule is CCCNC(c1ccsc1C)C1Cc2ccccc2C1. The third-order valence-electron chi connectivity index (χ3n) is 4.40. The second-order valence-electron chi connectivity index (χ2n) is 5.80. The van der Waals surface area contributed by atoms with E-state index in [4.69, 9.17) is 0 Å². The molecule has 2 heteroatoms. The number of nitrogens with one attached hydrogen (secondary N) is 1. The van der Waals surface area contributed by atoms with Gasteiger partial charge in [-0.25, -0.2) is 0 Å². The molecule has 2 aromatic rings. The van der Waals surface area contributed by atoms with Crippen LogP contribution in [0.2, 0.25) is 0 Å². The number of thiophene rings is 1. The number of aryl methyl sites for hydroxylation is 1. The highest BCUT2D eigenvalue weighted by Gasteiger charge is 2.30. The van der Waals surface area contributed by atoms with E-state index in [0.29, 0.717) is 12.0 Å². The van der Waals surface area contributed by atoms with Gasteiger partial charge in [-0.05, 0) is 66.8 Å². The summed E-state index contributed by atoms with van der Waals surface area (Å²) in [5.41, 5.74) is 4.61. The molecule has 0 saturated heterocycles. The smallest absolute Gasteiger partial charge is 0.0365 e. The first-order chi connectivity index (χ1) is 9.79. The number of benzene rings is 1. The average molecular weight is 285 g/mol. The Morgan fingerprint density at radius 1 is 1.20 bits per heavy atom. The van der Waals surface area contributed by atoms with Crippen LogP contribution in [0.15, 0.2) is 35.7 Å². The summed E-state index contributed by atoms with van der Waals surface area (Å²) in [5.74, 6) is 0.701. The molecule has 20 heavy (non-hydrogen) atoms. The van der Waals surface area contributed by atoms with Crippen LogP contribution in [0.3, 0.4) is 0 Å². The van der Waals surface area contributed by atoms with Crippen LogP contribution >= 0.6 is 11.3 Å². The molecule has 1 aromatic carbocycles. The lowest BCUT2D eigenvalue weighted by atomic mass is 9.91. The van der Waals surface area contributed by atoms with Gasteiger partial charge in [0.05, 0.1) is 0 Å². The van der Waals surface area contributed by atoms with Crippen molar-refractivity contribution in [1.29, 1.82) is 0 Å². The van der Waals surface area contributed by atoms with Gasteiger partial charge in [-0.2, -0.15) is 0 Å². The van der Waals surface area contributed by atoms with Gasteiger partial charge >= 0.3 is 0 Å². The molecule has 1 unspecified atom stereocenters. The Labute approximate surface area is 126 Å². The lowest BCUT2D eigenvalue weighted by Gasteiger charge is -2.25. The van der Waals surface area contributed by atoms with E-state index in [-0.39, 0.29) is 0 Å². The Morgan fingerprint density at radius 3 is 2.45 bits per heavy atom. The van der Waals surface area contributed by atoms with E-state index >= 15 is 0 Å². The quantitative estimate of drug-likeness (QED) is 0.852. The van der Waals surface area contributed by atoms with Crippen LogP contribution in [0.4, 0.5) is 0 Å². The number of rotatable bonds is 5. The van der Waals surface area contributed by atoms with Crippen LogP contribution in [0.5, 0.6) is 0 Å². The normalized spacial score (nSPS) is 16.3. The Balaban J connectivity index is 1.83. The summed E-state index contributed by atoms with van der Waals surface area (Å²) in [6, 6.07) is 11.8. The van der Waals surface area contributed by atoms with Crippen molar-refractivity contribution in [3.63, 3.8) is 0 Å². The van der Waals surface area contributed by atoms with Crippen LogP contribution in [-0.4, -0.2) is 6.54 Å². The van der Waals surface area contributed by atoms with E-state index in [2.05, 4.69) is 54.9 Å². The van der Waals surface area contributed by atoms with E-state index in [9.17, 15) is 0 Å². The van der Waals surface area contributed by atoms with Gasteiger partial charge in [0.25, 0.3) is 0 Å². The van der Waals surface area contributed by atoms with Crippen LogP contribution in [0, 0.1) is 12.8 Å². The highest BCUT2D eigenvalue weighted by molar-refractivity contribution is 7.10. The summed E-state index contributed by atoms with van der Waals surface area (Å²) in [7, 11) is 0. The second kappa shape index (κ2) is 6.11. The highest BCUT2D eigenvalue weighted by atomic mass is 32.1. The molecule has 0 spiro atoms. The van der Waals surface area contributed by atoms with Crippen LogP contribution in [0.1, 0.15) is 41.0 Å². The fourth-order valence-corrected chi connectivity index (χ4v) is 4.13. The zero-order chi connectivity index (χ0) is 13.9. The molecule has 3 rings (SSSR count). The summed E-state index contributed by atoms with van der Waals surface area (Å²) < 4.78 is 0. The van der Waals surface area contributed by atoms with E-state index in [0.717, 1.165) is 6.54 Å². The minimum absolute atomic E-state index is 0.508. The van der Waals surface area contributed by atoms with Gasteiger partial charge in [0.1, 0.15) is 0 Å². The Morgan fingerprint density at radius 2 is 1.90 bits per heavy atom. The van der Waals surface area contributed by atoms with Crippen molar-refractivity contribution < 1.29 is 0 Å². The lowest BCUT2D eigenvalue weighted by Crippen LogP contribution is -2.29. The average Bonchev–Trinajstić information content (AvgIpc) is 3.06. The maximum absolute atomic E-state index is 3.80. The molecule has 1 aliphatic carbocycles. The van der Waals surface area contributed by atoms with Gasteiger partial charge in [-0.15, -0.1) is 11.3 Å². The van der Waals surface area contributed by atoms with Crippen molar-refractivity contribution in [2.75, 3.05) is 6.54 Å². The molecule has 0 radical (unpaired) electrons. The van der Waals surface area contributed by atoms with Crippen molar-refractivity contribution in [1.82, 2.24) is 5.32 Å². The summed E-state index contributed by atoms with van der Waals surface area (Å²) in [6.07, 6.45) is 3.62. The zero-order valence-electron chi connectivity index (χ0n) is 12.4. The van der Waals surface area contributed by atoms with Crippen molar-refractivity contribution in [3.05, 3.63) is 57.3 Å². The molecule has 1 atom stereocenters. The molecule has 0 bridgehead atoms. The van der Waals surface area contributed by atoms with Gasteiger partial charge in [0.15, 0.2) is 0 Å². The minimum Gasteiger partial charge on any atom is -0.310 e. The van der Waals surface area contributed by atoms with Crippen molar-refractivity contribution in [2.45, 2.75) is 39.2 Å². The number of fused-ring (bicyclic) bond motifs is 1. The Hall–Kier alpha value is -1.12. The maximum atomic E-state index is 3.80. The van der Waals surface area contributed by atoms with Crippen LogP contribution in [0.25, 0.3) is 0 Å². The van der Waals surface area contributed by atoms with E-state index in [1.165, 1.54) is 29.7 Å². The topological polar surface area (TPSA) is 12.0 Å². The van der Waals surface area contributed by atoms with Crippen molar-refractivity contribution in [2.24, 2.45) is 5.92 Å². The molecule has 1 aliphatic rings. The van der Waals surface area contributed by atoms with E-state index < -0.39 is 0 Å². The van der Waals surface area contributed by atoms with Crippen molar-refractivity contribution >= 4 is 11.3 Å². The van der Waals surface area contributed by atoms with Gasteiger partial charge < -0.3 is 5.32 Å². The molecule has 1 nitrogen and oxygen atoms in total. The third kappa shape index (κ3) is 2.68. The first-order valence-electron chi connectivity index (χ1n) is 7.63. The standard InChI is InChI=1S/C18H23NS/c1-3-9-19-18(17-8-10-20-13(17)2)16-11-14-6-4-5-7-15(14)12-16/h4-8,10,16,18-19H,3,9,11-12H2,1-2H3. The predicted octanol–water partition coefficient (Wildman–Crippen LogP) is 4.51. The Kier molecular flexibility index (Phi) is 4.23. The second-order valence-corrected chi connectivity index (χ2v) is 6.92. The summed E-state index contributed by atoms with van der Waals surface area (Å²) in [5, 5.41) is 6.03. The predicted molar refractivity (Wildman–Crippen MR) is 87.4 cm³/mol. The molecule has 0 saturated carbocycles. The summed E-state index contributed by atoms with van der Waals surface area (Å²) in [4.78, 5) is 1.47. The third-order valence-corrected chi connectivity index (χ3v) is 5.26. The van der Waals surface area contributed by atoms with Crippen molar-refractivity contribution in [3.8, 4) is 0 Å². The fourth-order valence-electron chi connectivity index (χ4n) is 3.38. The van der Waals surface area contributed by atoms with E-state index in [1.807, 2.05) is 11.3 Å². The molecular weight excluding hydrogens is 262 g/mol. The highest BCUT2D eigenvalue weighted by Crippen LogP contribution is 2.37. The molecule has 1 heterocycles. The minimum atomic E-state index is 0.508. The molecular formula is C18H23NS. The summed E-state index contributed by atoms with van der Waals surface area (Å²) >= 11 is 1.87. The largest absolute Gasteiger partial charge is 0.310 e. The molecule has 0 fully saturated rings. The lowest BCUT2D eigenvalue weighted by molar-refractivity contribution is 0.374. The molecule has 1 aromatic heterocycles. The zero-order valence-corrected chi connectivity index (χ0v) is 13.2. The molecule has 1 N–H and O–H groups in total. The Bertz CT molecular complexity index is 547. The van der Waals surface area contributed by atoms with Crippen LogP contribution in [-0.2, 0) is 12.8 Å². The maximum Gasteiger partial charge on any atom is 0.0365 e. The molecule has 0 amide bonds. The van der Waals surface area contributed by atoms with Crippen LogP contribution < -0.4 is 5.32 Å². The van der Waals surface area contributed by atoms with Gasteiger partial charge in [-0.3, -0.25) is 0 Å². The van der Waals surface area contributed by atoms with Gasteiger partial charge in [0, 0.05) is 10.9 Å². The number of hydrogen-bond acceptors (Lipinski definition) is 2. The first-order valence-corrected chi connectivity index (χ1v) is 8.51. The summed E-state index contributed by atoms with van der Waals surface area (Å²) in [6.45, 7) is 5.60.